The van der Waals surface area contributed by atoms with Crippen LogP contribution in [0.3, 0.4) is 0 Å². The third-order valence-electron chi connectivity index (χ3n) is 8.16. The van der Waals surface area contributed by atoms with Gasteiger partial charge in [-0.05, 0) is 91.0 Å². The summed E-state index contributed by atoms with van der Waals surface area (Å²) in [7, 11) is 0. The highest BCUT2D eigenvalue weighted by atomic mass is 16.5. The standard InChI is InChI=1S/C26H44N2O2/c1-20-22(3)28(30)24(21(2)25(20)29)12-10-8-6-4-5-7-9-11-19-27-26-16-13-23(14-17-26)15-18-26/h23,27,30H,4-19H2,1-3H3. The average Bonchev–Trinajstić information content (AvgIpc) is 2.78. The first-order valence-corrected chi connectivity index (χ1v) is 12.6. The van der Waals surface area contributed by atoms with E-state index in [1.165, 1.54) is 94.7 Å². The second-order valence-electron chi connectivity index (χ2n) is 10.2. The van der Waals surface area contributed by atoms with Crippen molar-refractivity contribution in [1.29, 1.82) is 0 Å². The van der Waals surface area contributed by atoms with E-state index in [9.17, 15) is 10.0 Å². The van der Waals surface area contributed by atoms with E-state index in [0.717, 1.165) is 24.5 Å². The number of hydrogen-bond acceptors (Lipinski definition) is 3. The van der Waals surface area contributed by atoms with Crippen LogP contribution in [-0.2, 0) is 6.42 Å². The van der Waals surface area contributed by atoms with Gasteiger partial charge in [0, 0.05) is 16.7 Å². The van der Waals surface area contributed by atoms with Crippen molar-refractivity contribution in [3.05, 3.63) is 32.7 Å². The molecule has 1 heterocycles. The Morgan fingerprint density at radius 3 is 2.00 bits per heavy atom. The molecule has 0 aromatic carbocycles. The van der Waals surface area contributed by atoms with Crippen LogP contribution in [0.15, 0.2) is 4.79 Å². The molecule has 3 aliphatic rings. The molecule has 170 valence electrons. The number of pyridine rings is 1. The maximum absolute atomic E-state index is 12.2. The Hall–Kier alpha value is -1.29. The van der Waals surface area contributed by atoms with Crippen molar-refractivity contribution in [3.8, 4) is 0 Å². The normalized spacial score (nSPS) is 23.2. The molecule has 4 heteroatoms. The smallest absolute Gasteiger partial charge is 0.188 e. The van der Waals surface area contributed by atoms with Crippen molar-refractivity contribution in [2.24, 2.45) is 5.92 Å². The molecule has 0 unspecified atom stereocenters. The highest BCUT2D eigenvalue weighted by Gasteiger charge is 2.39. The molecule has 1 aromatic rings. The van der Waals surface area contributed by atoms with Crippen LogP contribution in [0, 0.1) is 26.7 Å². The molecule has 0 amide bonds. The Labute approximate surface area is 183 Å². The number of unbranched alkanes of at least 4 members (excludes halogenated alkanes) is 7. The third-order valence-corrected chi connectivity index (χ3v) is 8.16. The molecule has 0 atom stereocenters. The van der Waals surface area contributed by atoms with E-state index in [-0.39, 0.29) is 5.43 Å². The van der Waals surface area contributed by atoms with Crippen molar-refractivity contribution in [2.75, 3.05) is 6.54 Å². The average molecular weight is 417 g/mol. The molecule has 0 radical (unpaired) electrons. The van der Waals surface area contributed by atoms with Gasteiger partial charge in [-0.1, -0.05) is 38.5 Å². The number of fused-ring (bicyclic) bond motifs is 3. The monoisotopic (exact) mass is 416 g/mol. The summed E-state index contributed by atoms with van der Waals surface area (Å²) in [6, 6.07) is 0. The SMILES string of the molecule is Cc1c(C)n(O)c(CCCCCCCCCCNC23CCC(CC2)CC3)c(C)c1=O. The minimum absolute atomic E-state index is 0.0815. The van der Waals surface area contributed by atoms with Gasteiger partial charge in [-0.15, -0.1) is 0 Å². The van der Waals surface area contributed by atoms with Crippen LogP contribution in [0.5, 0.6) is 0 Å². The molecule has 2 bridgehead atoms. The van der Waals surface area contributed by atoms with Crippen LogP contribution in [0.1, 0.15) is 112 Å². The first-order valence-electron chi connectivity index (χ1n) is 12.6. The second kappa shape index (κ2) is 10.8. The predicted molar refractivity (Wildman–Crippen MR) is 125 cm³/mol. The lowest BCUT2D eigenvalue weighted by Crippen LogP contribution is -2.51. The maximum atomic E-state index is 12.2. The first kappa shape index (κ1) is 23.4. The van der Waals surface area contributed by atoms with Crippen molar-refractivity contribution in [2.45, 2.75) is 123 Å². The Kier molecular flexibility index (Phi) is 8.44. The van der Waals surface area contributed by atoms with Crippen molar-refractivity contribution >= 4 is 0 Å². The Morgan fingerprint density at radius 2 is 1.40 bits per heavy atom. The van der Waals surface area contributed by atoms with Crippen LogP contribution < -0.4 is 10.7 Å². The number of nitrogens with zero attached hydrogens (tertiary/aromatic N) is 1. The molecule has 2 N–H and O–H groups in total. The van der Waals surface area contributed by atoms with Crippen LogP contribution >= 0.6 is 0 Å². The van der Waals surface area contributed by atoms with E-state index in [1.807, 2.05) is 13.8 Å². The van der Waals surface area contributed by atoms with E-state index in [2.05, 4.69) is 5.32 Å². The third kappa shape index (κ3) is 5.69. The minimum atomic E-state index is 0.0815. The fraction of sp³-hybridized carbons (Fsp3) is 0.808. The first-order chi connectivity index (χ1) is 14.4. The van der Waals surface area contributed by atoms with Crippen molar-refractivity contribution in [3.63, 3.8) is 0 Å². The highest BCUT2D eigenvalue weighted by Crippen LogP contribution is 2.43. The fourth-order valence-electron chi connectivity index (χ4n) is 5.74. The summed E-state index contributed by atoms with van der Waals surface area (Å²) < 4.78 is 1.23. The summed E-state index contributed by atoms with van der Waals surface area (Å²) in [5.41, 5.74) is 3.42. The van der Waals surface area contributed by atoms with Crippen LogP contribution in [0.2, 0.25) is 0 Å². The summed E-state index contributed by atoms with van der Waals surface area (Å²) >= 11 is 0. The van der Waals surface area contributed by atoms with Gasteiger partial charge in [-0.3, -0.25) is 4.79 Å². The number of rotatable bonds is 12. The van der Waals surface area contributed by atoms with E-state index in [0.29, 0.717) is 22.4 Å². The number of aromatic nitrogens is 1. The molecular formula is C26H44N2O2. The second-order valence-corrected chi connectivity index (χ2v) is 10.2. The van der Waals surface area contributed by atoms with E-state index >= 15 is 0 Å². The molecular weight excluding hydrogens is 372 g/mol. The largest absolute Gasteiger partial charge is 0.428 e. The Bertz CT molecular complexity index is 731. The predicted octanol–water partition coefficient (Wildman–Crippen LogP) is 5.99. The highest BCUT2D eigenvalue weighted by molar-refractivity contribution is 5.29. The van der Waals surface area contributed by atoms with Gasteiger partial charge in [-0.25, -0.2) is 0 Å². The molecule has 1 aromatic heterocycles. The molecule has 3 aliphatic carbocycles. The van der Waals surface area contributed by atoms with Gasteiger partial charge < -0.3 is 10.5 Å². The topological polar surface area (TPSA) is 54.3 Å². The Morgan fingerprint density at radius 1 is 0.867 bits per heavy atom. The summed E-state index contributed by atoms with van der Waals surface area (Å²) in [4.78, 5) is 12.2. The van der Waals surface area contributed by atoms with E-state index in [4.69, 9.17) is 0 Å². The fourth-order valence-corrected chi connectivity index (χ4v) is 5.74. The van der Waals surface area contributed by atoms with E-state index < -0.39 is 0 Å². The van der Waals surface area contributed by atoms with Gasteiger partial charge in [0.1, 0.15) is 0 Å². The summed E-state index contributed by atoms with van der Waals surface area (Å²) in [6.45, 7) is 6.65. The minimum Gasteiger partial charge on any atom is -0.428 e. The van der Waals surface area contributed by atoms with Gasteiger partial charge in [0.2, 0.25) is 0 Å². The van der Waals surface area contributed by atoms with Gasteiger partial charge in [0.05, 0.1) is 11.4 Å². The van der Waals surface area contributed by atoms with Gasteiger partial charge >= 0.3 is 0 Å². The molecule has 30 heavy (non-hydrogen) atoms. The van der Waals surface area contributed by atoms with Crippen molar-refractivity contribution in [1.82, 2.24) is 10.0 Å². The number of hydrogen-bond donors (Lipinski definition) is 2. The zero-order chi connectivity index (χ0) is 21.6. The molecule has 0 aliphatic heterocycles. The van der Waals surface area contributed by atoms with Gasteiger partial charge in [0.25, 0.3) is 0 Å². The molecule has 4 nitrogen and oxygen atoms in total. The van der Waals surface area contributed by atoms with Crippen LogP contribution in [-0.4, -0.2) is 22.0 Å². The van der Waals surface area contributed by atoms with Crippen LogP contribution in [0.25, 0.3) is 0 Å². The lowest BCUT2D eigenvalue weighted by Gasteiger charge is -2.47. The lowest BCUT2D eigenvalue weighted by molar-refractivity contribution is 0.105. The maximum Gasteiger partial charge on any atom is 0.188 e. The summed E-state index contributed by atoms with van der Waals surface area (Å²) in [5, 5.41) is 14.2. The molecule has 0 spiro atoms. The number of nitrogens with one attached hydrogen (secondary N) is 1. The Balaban J connectivity index is 1.21. The van der Waals surface area contributed by atoms with Gasteiger partial charge in [0.15, 0.2) is 5.43 Å². The van der Waals surface area contributed by atoms with Crippen LogP contribution in [0.4, 0.5) is 0 Å². The van der Waals surface area contributed by atoms with Crippen molar-refractivity contribution < 1.29 is 5.21 Å². The zero-order valence-corrected chi connectivity index (χ0v) is 19.7. The molecule has 3 saturated carbocycles. The summed E-state index contributed by atoms with van der Waals surface area (Å²) in [5.74, 6) is 1.05. The zero-order valence-electron chi connectivity index (χ0n) is 19.7. The molecule has 0 saturated heterocycles. The lowest BCUT2D eigenvalue weighted by atomic mass is 9.66. The quantitative estimate of drug-likeness (QED) is 0.325. The molecule has 4 rings (SSSR count). The summed E-state index contributed by atoms with van der Waals surface area (Å²) in [6.07, 6.45) is 19.6. The van der Waals surface area contributed by atoms with Gasteiger partial charge in [-0.2, -0.15) is 4.73 Å². The van der Waals surface area contributed by atoms with E-state index in [1.54, 1.807) is 6.92 Å². The molecule has 3 fully saturated rings.